The van der Waals surface area contributed by atoms with E-state index in [9.17, 15) is 18.1 Å². The third-order valence-electron chi connectivity index (χ3n) is 3.91. The first-order valence-electron chi connectivity index (χ1n) is 6.54. The summed E-state index contributed by atoms with van der Waals surface area (Å²) in [6.45, 7) is 0.297. The van der Waals surface area contributed by atoms with Crippen molar-refractivity contribution in [3.05, 3.63) is 23.0 Å². The maximum atomic E-state index is 13.5. The molecule has 0 radical (unpaired) electrons. The number of imidazole rings is 1. The molecule has 3 rings (SSSR count). The summed E-state index contributed by atoms with van der Waals surface area (Å²) in [6.07, 6.45) is 3.00. The second kappa shape index (κ2) is 4.94. The summed E-state index contributed by atoms with van der Waals surface area (Å²) >= 11 is 0. The molecule has 2 aromatic heterocycles. The van der Waals surface area contributed by atoms with E-state index in [2.05, 4.69) is 15.0 Å². The fourth-order valence-corrected chi connectivity index (χ4v) is 3.32. The number of H-pyrrole nitrogens is 1. The van der Waals surface area contributed by atoms with Crippen molar-refractivity contribution in [1.82, 2.24) is 19.5 Å². The van der Waals surface area contributed by atoms with Crippen LogP contribution in [0.1, 0.15) is 12.8 Å². The molecule has 8 nitrogen and oxygen atoms in total. The van der Waals surface area contributed by atoms with Crippen LogP contribution in [-0.4, -0.2) is 35.0 Å². The second-order valence-corrected chi connectivity index (χ2v) is 7.05. The van der Waals surface area contributed by atoms with Crippen molar-refractivity contribution < 1.29 is 23.1 Å². The molecule has 0 aliphatic heterocycles. The molecule has 22 heavy (non-hydrogen) atoms. The Morgan fingerprint density at radius 1 is 1.45 bits per heavy atom. The molecule has 0 bridgehead atoms. The minimum Gasteiger partial charge on any atom is -0.320 e. The van der Waals surface area contributed by atoms with Crippen LogP contribution in [0.2, 0.25) is 0 Å². The molecule has 1 saturated carbocycles. The highest BCUT2D eigenvalue weighted by Gasteiger charge is 2.63. The van der Waals surface area contributed by atoms with Gasteiger partial charge in [-0.3, -0.25) is 9.36 Å². The monoisotopic (exact) mass is 334 g/mol. The third-order valence-corrected chi connectivity index (χ3v) is 5.01. The summed E-state index contributed by atoms with van der Waals surface area (Å²) < 4.78 is 39.4. The van der Waals surface area contributed by atoms with Crippen molar-refractivity contribution in [2.75, 3.05) is 0 Å². The Morgan fingerprint density at radius 2 is 2.18 bits per heavy atom. The molecule has 2 heterocycles. The molecule has 120 valence electrons. The maximum Gasteiger partial charge on any atom is 0.394 e. The smallest absolute Gasteiger partial charge is 0.320 e. The van der Waals surface area contributed by atoms with Gasteiger partial charge in [0.05, 0.1) is 12.7 Å². The first kappa shape index (κ1) is 15.3. The van der Waals surface area contributed by atoms with Gasteiger partial charge >= 0.3 is 13.3 Å². The van der Waals surface area contributed by atoms with Gasteiger partial charge in [-0.05, 0) is 18.8 Å². The Kier molecular flexibility index (Phi) is 3.42. The number of hydrogen-bond donors (Lipinski definition) is 3. The van der Waals surface area contributed by atoms with E-state index in [0.717, 1.165) is 0 Å². The zero-order valence-corrected chi connectivity index (χ0v) is 12.1. The van der Waals surface area contributed by atoms with Crippen LogP contribution in [0.25, 0.3) is 11.2 Å². The van der Waals surface area contributed by atoms with Crippen molar-refractivity contribution >= 4 is 18.8 Å². The van der Waals surface area contributed by atoms with Crippen molar-refractivity contribution in [2.45, 2.75) is 25.1 Å². The molecule has 1 aliphatic rings. The molecule has 11 heteroatoms. The van der Waals surface area contributed by atoms with E-state index >= 15 is 0 Å². The van der Waals surface area contributed by atoms with Crippen molar-refractivity contribution in [1.29, 1.82) is 0 Å². The quantitative estimate of drug-likeness (QED) is 0.699. The summed E-state index contributed by atoms with van der Waals surface area (Å²) in [6, 6.07) is 0. The number of nitrogens with one attached hydrogen (secondary N) is 1. The highest BCUT2D eigenvalue weighted by Crippen LogP contribution is 2.66. The van der Waals surface area contributed by atoms with Crippen LogP contribution in [0.3, 0.4) is 0 Å². The molecule has 3 N–H and O–H groups in total. The zero-order chi connectivity index (χ0) is 16.1. The van der Waals surface area contributed by atoms with Crippen LogP contribution in [-0.2, 0) is 11.1 Å². The molecule has 1 fully saturated rings. The lowest BCUT2D eigenvalue weighted by Crippen LogP contribution is -2.20. The molecule has 0 unspecified atom stereocenters. The molecule has 1 aliphatic carbocycles. The third kappa shape index (κ3) is 2.47. The minimum atomic E-state index is -5.44. The fraction of sp³-hybridized carbons (Fsp3) is 0.545. The Morgan fingerprint density at radius 3 is 2.86 bits per heavy atom. The first-order valence-corrected chi connectivity index (χ1v) is 8.15. The summed E-state index contributed by atoms with van der Waals surface area (Å²) in [7, 11) is -5.44. The summed E-state index contributed by atoms with van der Waals surface area (Å²) in [4.78, 5) is 39.1. The molecular weight excluding hydrogens is 321 g/mol. The van der Waals surface area contributed by atoms with Crippen LogP contribution in [0.15, 0.2) is 17.4 Å². The number of alkyl halides is 2. The van der Waals surface area contributed by atoms with Gasteiger partial charge in [0.15, 0.2) is 11.2 Å². The fourth-order valence-electron chi connectivity index (χ4n) is 2.57. The van der Waals surface area contributed by atoms with E-state index in [4.69, 9.17) is 9.79 Å². The van der Waals surface area contributed by atoms with Gasteiger partial charge in [0.25, 0.3) is 5.56 Å². The lowest BCUT2D eigenvalue weighted by molar-refractivity contribution is 0.0309. The average Bonchev–Trinajstić information content (AvgIpc) is 3.09. The van der Waals surface area contributed by atoms with Gasteiger partial charge in [0, 0.05) is 12.5 Å². The Balaban J connectivity index is 1.69. The van der Waals surface area contributed by atoms with Gasteiger partial charge in [0.1, 0.15) is 0 Å². The molecule has 2 atom stereocenters. The number of fused-ring (bicyclic) bond motifs is 1. The lowest BCUT2D eigenvalue weighted by Gasteiger charge is -2.17. The Bertz CT molecular complexity index is 814. The number of nitrogens with zero attached hydrogens (tertiary/aromatic N) is 3. The highest BCUT2D eigenvalue weighted by molar-refractivity contribution is 7.53. The predicted molar refractivity (Wildman–Crippen MR) is 71.4 cm³/mol. The molecule has 2 aromatic rings. The van der Waals surface area contributed by atoms with Gasteiger partial charge in [-0.1, -0.05) is 0 Å². The van der Waals surface area contributed by atoms with E-state index in [-0.39, 0.29) is 17.5 Å². The van der Waals surface area contributed by atoms with Crippen LogP contribution in [0, 0.1) is 11.8 Å². The minimum absolute atomic E-state index is 0.0682. The van der Waals surface area contributed by atoms with Gasteiger partial charge < -0.3 is 19.3 Å². The molecule has 0 saturated heterocycles. The SMILES string of the molecule is O=c1[nH]cnc2c1ncn2CC[C@H]1C[C@@H]1C(F)(F)P(=O)(O)O. The number of aromatic nitrogens is 4. The van der Waals surface area contributed by atoms with Gasteiger partial charge in [-0.15, -0.1) is 0 Å². The normalized spacial score (nSPS) is 22.2. The largest absolute Gasteiger partial charge is 0.394 e. The highest BCUT2D eigenvalue weighted by atomic mass is 31.2. The summed E-state index contributed by atoms with van der Waals surface area (Å²) in [5, 5.41) is 0. The number of aryl methyl sites for hydroxylation is 1. The number of aromatic amines is 1. The van der Waals surface area contributed by atoms with E-state index in [1.807, 2.05) is 0 Å². The Hall–Kier alpha value is -1.64. The first-order chi connectivity index (χ1) is 10.2. The second-order valence-electron chi connectivity index (χ2n) is 5.36. The van der Waals surface area contributed by atoms with Gasteiger partial charge in [0.2, 0.25) is 0 Å². The van der Waals surface area contributed by atoms with Crippen LogP contribution in [0.4, 0.5) is 8.78 Å². The summed E-state index contributed by atoms with van der Waals surface area (Å²) in [5.41, 5.74) is -3.86. The van der Waals surface area contributed by atoms with E-state index in [0.29, 0.717) is 18.6 Å². The molecule has 0 amide bonds. The molecule has 0 aromatic carbocycles. The Labute approximate surface area is 122 Å². The topological polar surface area (TPSA) is 121 Å². The van der Waals surface area contributed by atoms with Crippen LogP contribution >= 0.6 is 7.60 Å². The summed E-state index contributed by atoms with van der Waals surface area (Å²) in [5.74, 6) is -1.78. The average molecular weight is 334 g/mol. The molecular formula is C11H13F2N4O4P. The number of halogens is 2. The lowest BCUT2D eigenvalue weighted by atomic mass is 10.2. The van der Waals surface area contributed by atoms with E-state index in [1.54, 1.807) is 4.57 Å². The number of rotatable bonds is 5. The van der Waals surface area contributed by atoms with Crippen LogP contribution < -0.4 is 5.56 Å². The van der Waals surface area contributed by atoms with E-state index < -0.39 is 25.1 Å². The maximum absolute atomic E-state index is 13.5. The molecule has 0 spiro atoms. The zero-order valence-electron chi connectivity index (χ0n) is 11.2. The standard InChI is InChI=1S/C11H13F2N4O4P/c12-11(13,22(19,20)21)7-3-6(7)1-2-17-5-16-8-9(17)14-4-15-10(8)18/h4-7H,1-3H2,(H,14,15,18)(H2,19,20,21)/t6-,7-/m0/s1. The van der Waals surface area contributed by atoms with Crippen molar-refractivity contribution in [3.8, 4) is 0 Å². The van der Waals surface area contributed by atoms with Crippen molar-refractivity contribution in [3.63, 3.8) is 0 Å². The van der Waals surface area contributed by atoms with Crippen LogP contribution in [0.5, 0.6) is 0 Å². The van der Waals surface area contributed by atoms with Gasteiger partial charge in [-0.2, -0.15) is 8.78 Å². The van der Waals surface area contributed by atoms with Gasteiger partial charge in [-0.25, -0.2) is 9.97 Å². The number of hydrogen-bond acceptors (Lipinski definition) is 4. The van der Waals surface area contributed by atoms with Crippen molar-refractivity contribution in [2.24, 2.45) is 11.8 Å². The predicted octanol–water partition coefficient (Wildman–Crippen LogP) is 0.916. The van der Waals surface area contributed by atoms with E-state index in [1.165, 1.54) is 12.7 Å².